The van der Waals surface area contributed by atoms with Crippen LogP contribution in [0.5, 0.6) is 5.88 Å². The molecule has 2 rings (SSSR count). The van der Waals surface area contributed by atoms with E-state index in [1.165, 1.54) is 25.3 Å². The summed E-state index contributed by atoms with van der Waals surface area (Å²) in [5, 5.41) is 9.03. The van der Waals surface area contributed by atoms with Gasteiger partial charge in [0.05, 0.1) is 5.02 Å². The molecule has 1 N–H and O–H groups in total. The number of carbonyl (C=O) groups is 1. The van der Waals surface area contributed by atoms with Crippen molar-refractivity contribution in [3.8, 4) is 5.88 Å². The van der Waals surface area contributed by atoms with Gasteiger partial charge in [0.25, 0.3) is 0 Å². The highest BCUT2D eigenvalue weighted by Gasteiger charge is 2.13. The fourth-order valence-corrected chi connectivity index (χ4v) is 2.30. The van der Waals surface area contributed by atoms with Crippen molar-refractivity contribution >= 4 is 17.6 Å². The second kappa shape index (κ2) is 6.73. The first-order valence-corrected chi connectivity index (χ1v) is 6.79. The molecule has 0 aliphatic carbocycles. The van der Waals surface area contributed by atoms with Crippen molar-refractivity contribution in [2.45, 2.75) is 19.3 Å². The van der Waals surface area contributed by atoms with Crippen LogP contribution in [0.1, 0.15) is 29.8 Å². The molecule has 0 spiro atoms. The lowest BCUT2D eigenvalue weighted by Gasteiger charge is -2.26. The highest BCUT2D eigenvalue weighted by Crippen LogP contribution is 2.18. The van der Waals surface area contributed by atoms with Crippen LogP contribution in [-0.4, -0.2) is 47.2 Å². The van der Waals surface area contributed by atoms with E-state index in [1.54, 1.807) is 6.07 Å². The number of piperidine rings is 1. The van der Waals surface area contributed by atoms with Crippen molar-refractivity contribution in [1.82, 2.24) is 9.88 Å². The van der Waals surface area contributed by atoms with Gasteiger partial charge < -0.3 is 9.84 Å². The molecule has 0 unspecified atom stereocenters. The Morgan fingerprint density at radius 1 is 1.37 bits per heavy atom. The van der Waals surface area contributed by atoms with Gasteiger partial charge in [-0.1, -0.05) is 18.0 Å². The van der Waals surface area contributed by atoms with Crippen molar-refractivity contribution in [2.24, 2.45) is 0 Å². The van der Waals surface area contributed by atoms with E-state index in [4.69, 9.17) is 21.4 Å². The smallest absolute Gasteiger partial charge is 0.356 e. The van der Waals surface area contributed by atoms with Crippen LogP contribution in [0.25, 0.3) is 0 Å². The van der Waals surface area contributed by atoms with Gasteiger partial charge in [0, 0.05) is 12.6 Å². The minimum absolute atomic E-state index is 0.121. The van der Waals surface area contributed by atoms with Crippen molar-refractivity contribution in [3.63, 3.8) is 0 Å². The van der Waals surface area contributed by atoms with Crippen molar-refractivity contribution < 1.29 is 14.6 Å². The van der Waals surface area contributed by atoms with Crippen LogP contribution in [0.3, 0.4) is 0 Å². The predicted molar refractivity (Wildman–Crippen MR) is 72.0 cm³/mol. The van der Waals surface area contributed by atoms with Crippen LogP contribution in [0, 0.1) is 0 Å². The maximum absolute atomic E-state index is 10.9. The summed E-state index contributed by atoms with van der Waals surface area (Å²) < 4.78 is 5.48. The van der Waals surface area contributed by atoms with E-state index >= 15 is 0 Å². The number of ether oxygens (including phenoxy) is 1. The molecule has 104 valence electrons. The zero-order valence-electron chi connectivity index (χ0n) is 10.6. The minimum atomic E-state index is -1.15. The molecule has 0 saturated carbocycles. The largest absolute Gasteiger partial charge is 0.476 e. The van der Waals surface area contributed by atoms with Gasteiger partial charge in [0.1, 0.15) is 6.61 Å². The Hall–Kier alpha value is -1.33. The molecule has 2 heterocycles. The van der Waals surface area contributed by atoms with Gasteiger partial charge in [0.15, 0.2) is 5.69 Å². The van der Waals surface area contributed by atoms with Crippen LogP contribution in [0.4, 0.5) is 0 Å². The number of hydrogen-bond donors (Lipinski definition) is 1. The van der Waals surface area contributed by atoms with E-state index in [-0.39, 0.29) is 10.7 Å². The van der Waals surface area contributed by atoms with E-state index in [1.807, 2.05) is 0 Å². The van der Waals surface area contributed by atoms with Gasteiger partial charge in [-0.2, -0.15) is 0 Å². The molecular weight excluding hydrogens is 268 g/mol. The number of likely N-dealkylation sites (tertiary alicyclic amines) is 1. The lowest BCUT2D eigenvalue weighted by atomic mass is 10.1. The summed E-state index contributed by atoms with van der Waals surface area (Å²) in [6.07, 6.45) is 3.78. The average Bonchev–Trinajstić information content (AvgIpc) is 2.41. The molecule has 1 aliphatic rings. The second-order valence-corrected chi connectivity index (χ2v) is 4.94. The van der Waals surface area contributed by atoms with Gasteiger partial charge in [0.2, 0.25) is 5.88 Å². The van der Waals surface area contributed by atoms with Gasteiger partial charge in [-0.15, -0.1) is 0 Å². The summed E-state index contributed by atoms with van der Waals surface area (Å²) >= 11 is 5.74. The Morgan fingerprint density at radius 3 is 2.79 bits per heavy atom. The van der Waals surface area contributed by atoms with Crippen LogP contribution in [0.2, 0.25) is 5.02 Å². The quantitative estimate of drug-likeness (QED) is 0.899. The first-order valence-electron chi connectivity index (χ1n) is 6.42. The predicted octanol–water partition coefficient (Wildman–Crippen LogP) is 2.30. The highest BCUT2D eigenvalue weighted by atomic mass is 35.5. The fraction of sp³-hybridized carbons (Fsp3) is 0.538. The summed E-state index contributed by atoms with van der Waals surface area (Å²) in [5.74, 6) is -0.842. The average molecular weight is 285 g/mol. The summed E-state index contributed by atoms with van der Waals surface area (Å²) in [6.45, 7) is 3.57. The lowest BCUT2D eigenvalue weighted by Crippen LogP contribution is -2.33. The van der Waals surface area contributed by atoms with Gasteiger partial charge in [-0.25, -0.2) is 9.78 Å². The van der Waals surface area contributed by atoms with Gasteiger partial charge >= 0.3 is 5.97 Å². The zero-order valence-corrected chi connectivity index (χ0v) is 11.4. The fourth-order valence-electron chi connectivity index (χ4n) is 2.12. The topological polar surface area (TPSA) is 62.7 Å². The van der Waals surface area contributed by atoms with Gasteiger partial charge in [-0.05, 0) is 32.0 Å². The lowest BCUT2D eigenvalue weighted by molar-refractivity contribution is 0.0689. The molecule has 5 nitrogen and oxygen atoms in total. The summed E-state index contributed by atoms with van der Waals surface area (Å²) in [7, 11) is 0. The Balaban J connectivity index is 1.85. The van der Waals surface area contributed by atoms with E-state index in [0.717, 1.165) is 19.6 Å². The molecule has 0 amide bonds. The number of halogens is 1. The number of aromatic nitrogens is 1. The standard InChI is InChI=1S/C13H17ClN2O3/c14-10-4-5-11(15-12(10)13(17)18)19-9-8-16-6-2-1-3-7-16/h4-5H,1-3,6-9H2,(H,17,18). The zero-order chi connectivity index (χ0) is 13.7. The number of hydrogen-bond acceptors (Lipinski definition) is 4. The third kappa shape index (κ3) is 4.08. The van der Waals surface area contributed by atoms with E-state index in [9.17, 15) is 4.79 Å². The third-order valence-electron chi connectivity index (χ3n) is 3.13. The normalized spacial score (nSPS) is 16.3. The second-order valence-electron chi connectivity index (χ2n) is 4.54. The minimum Gasteiger partial charge on any atom is -0.476 e. The molecule has 6 heteroatoms. The van der Waals surface area contributed by atoms with Crippen LogP contribution in [0.15, 0.2) is 12.1 Å². The van der Waals surface area contributed by atoms with E-state index in [0.29, 0.717) is 12.5 Å². The molecule has 0 atom stereocenters. The van der Waals surface area contributed by atoms with Crippen LogP contribution < -0.4 is 4.74 Å². The first-order chi connectivity index (χ1) is 9.16. The van der Waals surface area contributed by atoms with E-state index < -0.39 is 5.97 Å². The highest BCUT2D eigenvalue weighted by molar-refractivity contribution is 6.33. The molecule has 1 aliphatic heterocycles. The van der Waals surface area contributed by atoms with Crippen molar-refractivity contribution in [3.05, 3.63) is 22.8 Å². The monoisotopic (exact) mass is 284 g/mol. The number of pyridine rings is 1. The Bertz CT molecular complexity index is 448. The summed E-state index contributed by atoms with van der Waals surface area (Å²) in [5.41, 5.74) is -0.169. The number of nitrogens with zero attached hydrogens (tertiary/aromatic N) is 2. The van der Waals surface area contributed by atoms with Crippen molar-refractivity contribution in [1.29, 1.82) is 0 Å². The molecule has 0 aromatic carbocycles. The maximum Gasteiger partial charge on any atom is 0.356 e. The SMILES string of the molecule is O=C(O)c1nc(OCCN2CCCCC2)ccc1Cl. The Morgan fingerprint density at radius 2 is 2.11 bits per heavy atom. The summed E-state index contributed by atoms with van der Waals surface area (Å²) in [4.78, 5) is 17.1. The van der Waals surface area contributed by atoms with Crippen molar-refractivity contribution in [2.75, 3.05) is 26.2 Å². The van der Waals surface area contributed by atoms with E-state index in [2.05, 4.69) is 9.88 Å². The summed E-state index contributed by atoms with van der Waals surface area (Å²) in [6, 6.07) is 3.08. The Kier molecular flexibility index (Phi) is 4.99. The Labute approximate surface area is 117 Å². The molecule has 1 aromatic rings. The number of rotatable bonds is 5. The van der Waals surface area contributed by atoms with Crippen LogP contribution >= 0.6 is 11.6 Å². The number of aromatic carboxylic acids is 1. The maximum atomic E-state index is 10.9. The molecule has 1 aromatic heterocycles. The molecular formula is C13H17ClN2O3. The van der Waals surface area contributed by atoms with Gasteiger partial charge in [-0.3, -0.25) is 4.90 Å². The molecule has 1 fully saturated rings. The third-order valence-corrected chi connectivity index (χ3v) is 3.43. The molecule has 1 saturated heterocycles. The van der Waals surface area contributed by atoms with Crippen LogP contribution in [-0.2, 0) is 0 Å². The first kappa shape index (κ1) is 14.1. The molecule has 19 heavy (non-hydrogen) atoms. The number of carboxylic acid groups (broad SMARTS) is 1. The molecule has 0 bridgehead atoms. The molecule has 0 radical (unpaired) electrons. The number of carboxylic acids is 1.